The van der Waals surface area contributed by atoms with Gasteiger partial charge in [-0.3, -0.25) is 4.79 Å². The number of hydrogen-bond donors (Lipinski definition) is 1. The van der Waals surface area contributed by atoms with E-state index in [1.807, 2.05) is 24.9 Å². The molecule has 0 radical (unpaired) electrons. The monoisotopic (exact) mass is 306 g/mol. The number of amides is 1. The summed E-state index contributed by atoms with van der Waals surface area (Å²) in [6.07, 6.45) is 3.59. The van der Waals surface area contributed by atoms with Gasteiger partial charge < -0.3 is 10.2 Å². The lowest BCUT2D eigenvalue weighted by molar-refractivity contribution is -0.137. The van der Waals surface area contributed by atoms with Crippen LogP contribution >= 0.6 is 0 Å². The number of nitrogens with zero attached hydrogens (tertiary/aromatic N) is 1. The number of likely N-dealkylation sites (tertiary alicyclic amines) is 1. The molecule has 122 valence electrons. The van der Waals surface area contributed by atoms with Gasteiger partial charge in [-0.1, -0.05) is 25.1 Å². The molecule has 4 heteroatoms. The van der Waals surface area contributed by atoms with Gasteiger partial charge in [0.2, 0.25) is 5.91 Å². The van der Waals surface area contributed by atoms with E-state index in [4.69, 9.17) is 0 Å². The second-order valence-corrected chi connectivity index (χ2v) is 6.38. The second-order valence-electron chi connectivity index (χ2n) is 6.38. The normalized spacial score (nSPS) is 20.0. The van der Waals surface area contributed by atoms with Crippen LogP contribution in [0.1, 0.15) is 31.7 Å². The molecule has 1 aromatic carbocycles. The van der Waals surface area contributed by atoms with E-state index in [1.54, 1.807) is 12.1 Å². The number of halogens is 1. The molecule has 0 spiro atoms. The van der Waals surface area contributed by atoms with Crippen LogP contribution in [0.2, 0.25) is 0 Å². The Bertz CT molecular complexity index is 490. The van der Waals surface area contributed by atoms with Crippen LogP contribution in [0.4, 0.5) is 4.39 Å². The number of carbonyl (C=O) groups is 1. The van der Waals surface area contributed by atoms with Crippen LogP contribution in [-0.2, 0) is 11.2 Å². The van der Waals surface area contributed by atoms with Crippen molar-refractivity contribution in [1.29, 1.82) is 0 Å². The first-order valence-electron chi connectivity index (χ1n) is 8.28. The van der Waals surface area contributed by atoms with Crippen molar-refractivity contribution in [3.8, 4) is 0 Å². The lowest BCUT2D eigenvalue weighted by Crippen LogP contribution is -2.44. The first-order valence-corrected chi connectivity index (χ1v) is 8.28. The Morgan fingerprint density at radius 1 is 1.45 bits per heavy atom. The molecule has 1 fully saturated rings. The highest BCUT2D eigenvalue weighted by Gasteiger charge is 2.26. The SMILES string of the molecule is CNC[C@H]1CCCN(C(=O)[C@H](C)CCc2ccccc2F)C1. The van der Waals surface area contributed by atoms with Crippen molar-refractivity contribution in [1.82, 2.24) is 10.2 Å². The van der Waals surface area contributed by atoms with Gasteiger partial charge >= 0.3 is 0 Å². The molecule has 0 aromatic heterocycles. The summed E-state index contributed by atoms with van der Waals surface area (Å²) in [4.78, 5) is 14.6. The molecule has 1 aliphatic heterocycles. The van der Waals surface area contributed by atoms with Crippen LogP contribution in [0.5, 0.6) is 0 Å². The molecule has 0 saturated carbocycles. The number of carbonyl (C=O) groups excluding carboxylic acids is 1. The maximum Gasteiger partial charge on any atom is 0.225 e. The summed E-state index contributed by atoms with van der Waals surface area (Å²) >= 11 is 0. The van der Waals surface area contributed by atoms with E-state index in [2.05, 4.69) is 5.32 Å². The average Bonchev–Trinajstić information content (AvgIpc) is 2.53. The van der Waals surface area contributed by atoms with E-state index < -0.39 is 0 Å². The van der Waals surface area contributed by atoms with Crippen molar-refractivity contribution in [2.45, 2.75) is 32.6 Å². The van der Waals surface area contributed by atoms with Crippen LogP contribution < -0.4 is 5.32 Å². The number of aryl methyl sites for hydroxylation is 1. The highest BCUT2D eigenvalue weighted by Crippen LogP contribution is 2.20. The Morgan fingerprint density at radius 2 is 2.23 bits per heavy atom. The predicted octanol–water partition coefficient (Wildman–Crippen LogP) is 2.85. The Morgan fingerprint density at radius 3 is 2.95 bits per heavy atom. The molecule has 0 aliphatic carbocycles. The largest absolute Gasteiger partial charge is 0.342 e. The number of hydrogen-bond acceptors (Lipinski definition) is 2. The standard InChI is InChI=1S/C18H27FN2O/c1-14(9-10-16-7-3-4-8-17(16)19)18(22)21-11-5-6-15(13-21)12-20-2/h3-4,7-8,14-15,20H,5-6,9-13H2,1-2H3/t14-,15-/m1/s1. The zero-order chi connectivity index (χ0) is 15.9. The van der Waals surface area contributed by atoms with Crippen LogP contribution in [0.15, 0.2) is 24.3 Å². The van der Waals surface area contributed by atoms with Gasteiger partial charge in [0, 0.05) is 19.0 Å². The highest BCUT2D eigenvalue weighted by atomic mass is 19.1. The molecule has 22 heavy (non-hydrogen) atoms. The molecule has 1 saturated heterocycles. The number of benzene rings is 1. The van der Waals surface area contributed by atoms with Crippen LogP contribution in [-0.4, -0.2) is 37.5 Å². The van der Waals surface area contributed by atoms with Crippen molar-refractivity contribution in [2.75, 3.05) is 26.7 Å². The minimum atomic E-state index is -0.172. The Balaban J connectivity index is 1.85. The third-order valence-electron chi connectivity index (χ3n) is 4.55. The summed E-state index contributed by atoms with van der Waals surface area (Å²) in [5, 5.41) is 3.20. The Kier molecular flexibility index (Phi) is 6.37. The minimum absolute atomic E-state index is 0.0482. The fraction of sp³-hybridized carbons (Fsp3) is 0.611. The Labute approximate surface area is 132 Å². The molecule has 1 aromatic rings. The Hall–Kier alpha value is -1.42. The molecule has 1 heterocycles. The van der Waals surface area contributed by atoms with Gasteiger partial charge in [-0.25, -0.2) is 4.39 Å². The van der Waals surface area contributed by atoms with Gasteiger partial charge in [-0.05, 0) is 56.8 Å². The molecule has 1 N–H and O–H groups in total. The van der Waals surface area contributed by atoms with Crippen molar-refractivity contribution in [3.05, 3.63) is 35.6 Å². The molecule has 1 amide bonds. The van der Waals surface area contributed by atoms with Crippen LogP contribution in [0.25, 0.3) is 0 Å². The zero-order valence-corrected chi connectivity index (χ0v) is 13.6. The van der Waals surface area contributed by atoms with Crippen LogP contribution in [0.3, 0.4) is 0 Å². The van der Waals surface area contributed by atoms with E-state index in [0.717, 1.165) is 26.1 Å². The lowest BCUT2D eigenvalue weighted by atomic mass is 9.95. The minimum Gasteiger partial charge on any atom is -0.342 e. The van der Waals surface area contributed by atoms with Gasteiger partial charge in [0.05, 0.1) is 0 Å². The third-order valence-corrected chi connectivity index (χ3v) is 4.55. The van der Waals surface area contributed by atoms with Gasteiger partial charge in [0.1, 0.15) is 5.82 Å². The third kappa shape index (κ3) is 4.54. The first-order chi connectivity index (χ1) is 10.6. The quantitative estimate of drug-likeness (QED) is 0.876. The first kappa shape index (κ1) is 16.9. The van der Waals surface area contributed by atoms with E-state index in [1.165, 1.54) is 12.5 Å². The summed E-state index contributed by atoms with van der Waals surface area (Å²) in [6, 6.07) is 6.83. The average molecular weight is 306 g/mol. The van der Waals surface area contributed by atoms with Gasteiger partial charge in [-0.2, -0.15) is 0 Å². The summed E-state index contributed by atoms with van der Waals surface area (Å²) < 4.78 is 13.6. The molecular formula is C18H27FN2O. The topological polar surface area (TPSA) is 32.3 Å². The smallest absolute Gasteiger partial charge is 0.225 e. The zero-order valence-electron chi connectivity index (χ0n) is 13.6. The van der Waals surface area contributed by atoms with Crippen molar-refractivity contribution in [3.63, 3.8) is 0 Å². The van der Waals surface area contributed by atoms with Crippen molar-refractivity contribution < 1.29 is 9.18 Å². The van der Waals surface area contributed by atoms with Crippen LogP contribution in [0, 0.1) is 17.7 Å². The highest BCUT2D eigenvalue weighted by molar-refractivity contribution is 5.78. The fourth-order valence-corrected chi connectivity index (χ4v) is 3.23. The molecule has 0 bridgehead atoms. The number of piperidine rings is 1. The second kappa shape index (κ2) is 8.28. The lowest BCUT2D eigenvalue weighted by Gasteiger charge is -2.34. The molecular weight excluding hydrogens is 279 g/mol. The summed E-state index contributed by atoms with van der Waals surface area (Å²) in [5.74, 6) is 0.556. The molecule has 2 atom stereocenters. The summed E-state index contributed by atoms with van der Waals surface area (Å²) in [7, 11) is 1.96. The number of nitrogens with one attached hydrogen (secondary N) is 1. The van der Waals surface area contributed by atoms with Gasteiger partial charge in [0.15, 0.2) is 0 Å². The predicted molar refractivity (Wildman–Crippen MR) is 87.1 cm³/mol. The molecule has 3 nitrogen and oxygen atoms in total. The summed E-state index contributed by atoms with van der Waals surface area (Å²) in [5.41, 5.74) is 0.703. The van der Waals surface area contributed by atoms with E-state index in [9.17, 15) is 9.18 Å². The summed E-state index contributed by atoms with van der Waals surface area (Å²) in [6.45, 7) is 4.64. The van der Waals surface area contributed by atoms with Crippen molar-refractivity contribution in [2.24, 2.45) is 11.8 Å². The number of rotatable bonds is 6. The molecule has 2 rings (SSSR count). The maximum absolute atomic E-state index is 13.6. The van der Waals surface area contributed by atoms with E-state index in [0.29, 0.717) is 24.3 Å². The molecule has 1 aliphatic rings. The van der Waals surface area contributed by atoms with Gasteiger partial charge in [-0.15, -0.1) is 0 Å². The van der Waals surface area contributed by atoms with E-state index in [-0.39, 0.29) is 17.6 Å². The molecule has 0 unspecified atom stereocenters. The van der Waals surface area contributed by atoms with E-state index >= 15 is 0 Å². The van der Waals surface area contributed by atoms with Gasteiger partial charge in [0.25, 0.3) is 0 Å². The maximum atomic E-state index is 13.6. The fourth-order valence-electron chi connectivity index (χ4n) is 3.23. The van der Waals surface area contributed by atoms with Crippen molar-refractivity contribution >= 4 is 5.91 Å².